The van der Waals surface area contributed by atoms with Crippen LogP contribution < -0.4 is 17.0 Å². The van der Waals surface area contributed by atoms with Crippen molar-refractivity contribution >= 4 is 0 Å². The highest BCUT2D eigenvalue weighted by Gasteiger charge is 2.29. The van der Waals surface area contributed by atoms with E-state index in [4.69, 9.17) is 0 Å². The minimum absolute atomic E-state index is 0. The first kappa shape index (κ1) is 17.5. The van der Waals surface area contributed by atoms with Gasteiger partial charge in [0.25, 0.3) is 0 Å². The Bertz CT molecular complexity index is 564. The van der Waals surface area contributed by atoms with Crippen LogP contribution in [0.1, 0.15) is 44.9 Å². The topological polar surface area (TPSA) is 24.1 Å². The fraction of sp³-hybridized carbons (Fsp3) is 0.389. The number of rotatable bonds is 5. The third-order valence-corrected chi connectivity index (χ3v) is 3.78. The zero-order valence-electron chi connectivity index (χ0n) is 13.0. The van der Waals surface area contributed by atoms with E-state index in [9.17, 15) is 5.11 Å². The average molecular weight is 306 g/mol. The normalized spacial score (nSPS) is 11.0. The molecule has 1 aromatic heterocycles. The quantitative estimate of drug-likeness (QED) is 0.812. The van der Waals surface area contributed by atoms with Crippen molar-refractivity contribution in [2.24, 2.45) is 0 Å². The summed E-state index contributed by atoms with van der Waals surface area (Å²) in [5.41, 5.74) is 2.65. The lowest BCUT2D eigenvalue weighted by molar-refractivity contribution is -0.764. The molecule has 2 rings (SSSR count). The second-order valence-electron chi connectivity index (χ2n) is 5.97. The van der Waals surface area contributed by atoms with Crippen molar-refractivity contribution in [3.63, 3.8) is 0 Å². The predicted octanol–water partition coefficient (Wildman–Crippen LogP) is 0.810. The molecule has 114 valence electrons. The molecule has 2 nitrogen and oxygen atoms in total. The van der Waals surface area contributed by atoms with Crippen molar-refractivity contribution in [3.8, 4) is 5.75 Å². The summed E-state index contributed by atoms with van der Waals surface area (Å²) in [6.45, 7) is 6.80. The summed E-state index contributed by atoms with van der Waals surface area (Å²) in [4.78, 5) is 0. The molecule has 0 atom stereocenters. The van der Waals surface area contributed by atoms with Crippen molar-refractivity contribution < 1.29 is 22.1 Å². The molecule has 21 heavy (non-hydrogen) atoms. The fourth-order valence-electron chi connectivity index (χ4n) is 2.77. The zero-order chi connectivity index (χ0) is 14.6. The van der Waals surface area contributed by atoms with Crippen LogP contribution in [0.2, 0.25) is 0 Å². The van der Waals surface area contributed by atoms with E-state index in [1.165, 1.54) is 17.7 Å². The van der Waals surface area contributed by atoms with Crippen molar-refractivity contribution in [1.29, 1.82) is 0 Å². The van der Waals surface area contributed by atoms with Crippen LogP contribution in [0.25, 0.3) is 0 Å². The molecule has 0 saturated carbocycles. The van der Waals surface area contributed by atoms with Gasteiger partial charge in [-0.3, -0.25) is 0 Å². The third kappa shape index (κ3) is 4.47. The van der Waals surface area contributed by atoms with E-state index in [0.29, 0.717) is 5.75 Å². The van der Waals surface area contributed by atoms with Gasteiger partial charge in [0.15, 0.2) is 17.4 Å². The number of benzene rings is 1. The molecule has 1 N–H and O–H groups in total. The number of phenols is 1. The molecule has 1 heterocycles. The minimum atomic E-state index is 0. The molecule has 0 radical (unpaired) electrons. The lowest BCUT2D eigenvalue weighted by atomic mass is 9.96. The van der Waals surface area contributed by atoms with E-state index in [2.05, 4.69) is 49.7 Å². The van der Waals surface area contributed by atoms with Gasteiger partial charge in [-0.15, -0.1) is 0 Å². The Kier molecular flexibility index (Phi) is 6.22. The van der Waals surface area contributed by atoms with Crippen LogP contribution in [-0.4, -0.2) is 5.11 Å². The summed E-state index contributed by atoms with van der Waals surface area (Å²) in [7, 11) is 0. The van der Waals surface area contributed by atoms with Gasteiger partial charge in [-0.2, -0.15) is 4.57 Å². The van der Waals surface area contributed by atoms with E-state index < -0.39 is 0 Å². The Morgan fingerprint density at radius 2 is 1.71 bits per heavy atom. The summed E-state index contributed by atoms with van der Waals surface area (Å²) in [6, 6.07) is 13.8. The number of nitrogens with zero attached hydrogens (tertiary/aromatic N) is 1. The van der Waals surface area contributed by atoms with Gasteiger partial charge in [-0.25, -0.2) is 0 Å². The van der Waals surface area contributed by atoms with Crippen LogP contribution in [0.15, 0.2) is 48.7 Å². The molecule has 0 spiro atoms. The number of hydrogen-bond acceptors (Lipinski definition) is 1. The number of halogens is 1. The molecule has 0 amide bonds. The lowest BCUT2D eigenvalue weighted by Gasteiger charge is -2.21. The molecule has 0 saturated heterocycles. The maximum Gasteiger partial charge on any atom is 0.186 e. The molecule has 2 aromatic rings. The first-order chi connectivity index (χ1) is 9.53. The molecule has 1 aromatic carbocycles. The van der Waals surface area contributed by atoms with Crippen molar-refractivity contribution in [1.82, 2.24) is 0 Å². The second-order valence-corrected chi connectivity index (χ2v) is 5.97. The van der Waals surface area contributed by atoms with E-state index in [1.807, 2.05) is 12.1 Å². The molecule has 0 bridgehead atoms. The largest absolute Gasteiger partial charge is 1.00 e. The predicted molar refractivity (Wildman–Crippen MR) is 81.8 cm³/mol. The Hall–Kier alpha value is -1.54. The zero-order valence-corrected chi connectivity index (χ0v) is 13.8. The van der Waals surface area contributed by atoms with E-state index in [1.54, 1.807) is 12.1 Å². The van der Waals surface area contributed by atoms with Gasteiger partial charge in [0.2, 0.25) is 0 Å². The summed E-state index contributed by atoms with van der Waals surface area (Å²) in [5.74, 6) is 0.320. The van der Waals surface area contributed by atoms with Crippen LogP contribution in [0.4, 0.5) is 0 Å². The first-order valence-electron chi connectivity index (χ1n) is 7.31. The number of aromatic nitrogens is 1. The SMILES string of the molecule is CCCC(C)(C)[n+]1ccccc1Cc1ccc(O)cc1.[Cl-]. The van der Waals surface area contributed by atoms with Crippen LogP contribution in [0, 0.1) is 0 Å². The second kappa shape index (κ2) is 7.46. The third-order valence-electron chi connectivity index (χ3n) is 3.78. The monoisotopic (exact) mass is 305 g/mol. The first-order valence-corrected chi connectivity index (χ1v) is 7.31. The number of aromatic hydroxyl groups is 1. The van der Waals surface area contributed by atoms with Gasteiger partial charge >= 0.3 is 0 Å². The molecule has 0 aliphatic rings. The Morgan fingerprint density at radius 3 is 2.33 bits per heavy atom. The van der Waals surface area contributed by atoms with Crippen molar-refractivity contribution in [3.05, 3.63) is 59.9 Å². The average Bonchev–Trinajstić information content (AvgIpc) is 2.42. The van der Waals surface area contributed by atoms with Gasteiger partial charge < -0.3 is 17.5 Å². The summed E-state index contributed by atoms with van der Waals surface area (Å²) < 4.78 is 2.38. The van der Waals surface area contributed by atoms with E-state index in [-0.39, 0.29) is 17.9 Å². The van der Waals surface area contributed by atoms with Gasteiger partial charge in [0.1, 0.15) is 5.75 Å². The molecule has 0 aliphatic carbocycles. The van der Waals surface area contributed by atoms with E-state index >= 15 is 0 Å². The lowest BCUT2D eigenvalue weighted by Crippen LogP contribution is -3.00. The van der Waals surface area contributed by atoms with Crippen LogP contribution in [-0.2, 0) is 12.0 Å². The highest BCUT2D eigenvalue weighted by atomic mass is 35.5. The Balaban J connectivity index is 0.00000220. The molecule has 3 heteroatoms. The van der Waals surface area contributed by atoms with Gasteiger partial charge in [-0.1, -0.05) is 25.1 Å². The maximum atomic E-state index is 9.37. The standard InChI is InChI=1S/C18H23NO.ClH/c1-4-12-18(2,3)19-13-6-5-7-16(19)14-15-8-10-17(20)11-9-15;/h5-11,13H,4,12,14H2,1-3H3;1H. The highest BCUT2D eigenvalue weighted by molar-refractivity contribution is 5.28. The van der Waals surface area contributed by atoms with Gasteiger partial charge in [0, 0.05) is 32.4 Å². The van der Waals surface area contributed by atoms with Gasteiger partial charge in [-0.05, 0) is 24.1 Å². The van der Waals surface area contributed by atoms with E-state index in [0.717, 1.165) is 12.8 Å². The van der Waals surface area contributed by atoms with Crippen molar-refractivity contribution in [2.75, 3.05) is 0 Å². The van der Waals surface area contributed by atoms with Crippen LogP contribution in [0.3, 0.4) is 0 Å². The molecule has 0 unspecified atom stereocenters. The Labute approximate surface area is 133 Å². The van der Waals surface area contributed by atoms with Crippen LogP contribution >= 0.6 is 0 Å². The molecular formula is C18H24ClNO. The van der Waals surface area contributed by atoms with Crippen LogP contribution in [0.5, 0.6) is 5.75 Å². The number of phenolic OH excluding ortho intramolecular Hbond substituents is 1. The molecule has 0 fully saturated rings. The minimum Gasteiger partial charge on any atom is -1.00 e. The number of pyridine rings is 1. The Morgan fingerprint density at radius 1 is 1.05 bits per heavy atom. The van der Waals surface area contributed by atoms with Gasteiger partial charge in [0.05, 0.1) is 6.42 Å². The molecule has 0 aliphatic heterocycles. The highest BCUT2D eigenvalue weighted by Crippen LogP contribution is 2.17. The summed E-state index contributed by atoms with van der Waals surface area (Å²) in [6.07, 6.45) is 5.39. The molecular weight excluding hydrogens is 282 g/mol. The number of hydrogen-bond donors (Lipinski definition) is 1. The summed E-state index contributed by atoms with van der Waals surface area (Å²) in [5, 5.41) is 9.37. The maximum absolute atomic E-state index is 9.37. The summed E-state index contributed by atoms with van der Waals surface area (Å²) >= 11 is 0. The smallest absolute Gasteiger partial charge is 0.186 e. The van der Waals surface area contributed by atoms with Crippen molar-refractivity contribution in [2.45, 2.75) is 45.6 Å². The fourth-order valence-corrected chi connectivity index (χ4v) is 2.77.